The largest absolute Gasteiger partial charge is 0.369 e. The molecule has 0 aliphatic carbocycles. The summed E-state index contributed by atoms with van der Waals surface area (Å²) in [6.07, 6.45) is 19.9. The van der Waals surface area contributed by atoms with Crippen molar-refractivity contribution in [3.05, 3.63) is 12.2 Å². The molecule has 0 aliphatic rings. The maximum absolute atomic E-state index is 12.8. The first-order chi connectivity index (χ1) is 15.7. The summed E-state index contributed by atoms with van der Waals surface area (Å²) in [5.74, 6) is -1.45. The molecule has 0 aromatic carbocycles. The number of nitrogens with two attached hydrogens (primary N) is 1. The van der Waals surface area contributed by atoms with Crippen LogP contribution in [0.2, 0.25) is 0 Å². The van der Waals surface area contributed by atoms with E-state index in [-0.39, 0.29) is 19.3 Å². The van der Waals surface area contributed by atoms with E-state index < -0.39 is 32.5 Å². The quantitative estimate of drug-likeness (QED) is 0.102. The highest BCUT2D eigenvalue weighted by molar-refractivity contribution is 7.87. The Balaban J connectivity index is 4.28. The normalized spacial score (nSPS) is 14.9. The monoisotopic (exact) mass is 487 g/mol. The topological polar surface area (TPSA) is 115 Å². The molecule has 0 radical (unpaired) electrons. The molecule has 0 bridgehead atoms. The first-order valence-corrected chi connectivity index (χ1v) is 14.6. The number of rotatable bonds is 22. The molecule has 0 spiro atoms. The maximum atomic E-state index is 12.8. The van der Waals surface area contributed by atoms with Crippen molar-refractivity contribution >= 4 is 21.8 Å². The third-order valence-electron chi connectivity index (χ3n) is 6.59. The van der Waals surface area contributed by atoms with Gasteiger partial charge in [-0.15, -0.1) is 0 Å². The highest BCUT2D eigenvalue weighted by Crippen LogP contribution is 2.37. The van der Waals surface area contributed by atoms with Gasteiger partial charge in [0.15, 0.2) is 11.0 Å². The van der Waals surface area contributed by atoms with Crippen LogP contribution in [-0.4, -0.2) is 29.9 Å². The Morgan fingerprint density at radius 2 is 1.30 bits per heavy atom. The van der Waals surface area contributed by atoms with Gasteiger partial charge in [-0.25, -0.2) is 0 Å². The van der Waals surface area contributed by atoms with Crippen LogP contribution < -0.4 is 5.73 Å². The number of carbonyl (C=O) groups excluding carboxylic acids is 2. The standard InChI is InChI=1S/C26H49NO5S/c1-4-7-8-9-10-11-12-13-14-15-16-17-18-19-20-21-23(28)24(33(30,31)32)26(6-3,22-5-2)25(27)29/h13-14,24H,4-12,15-22H2,1-3H3,(H2,27,29)(H,30,31,32)/b14-13-. The van der Waals surface area contributed by atoms with E-state index in [4.69, 9.17) is 5.73 Å². The molecule has 2 atom stereocenters. The van der Waals surface area contributed by atoms with Crippen molar-refractivity contribution in [2.24, 2.45) is 11.1 Å². The molecule has 0 saturated heterocycles. The van der Waals surface area contributed by atoms with Crippen LogP contribution >= 0.6 is 0 Å². The van der Waals surface area contributed by atoms with Crippen molar-refractivity contribution in [2.45, 2.75) is 135 Å². The van der Waals surface area contributed by atoms with E-state index >= 15 is 0 Å². The second-order valence-electron chi connectivity index (χ2n) is 9.32. The second-order valence-corrected chi connectivity index (χ2v) is 10.8. The molecule has 0 aromatic heterocycles. The van der Waals surface area contributed by atoms with Crippen molar-refractivity contribution in [1.29, 1.82) is 0 Å². The van der Waals surface area contributed by atoms with E-state index in [1.54, 1.807) is 13.8 Å². The maximum Gasteiger partial charge on any atom is 0.276 e. The molecule has 0 aromatic rings. The third kappa shape index (κ3) is 12.7. The van der Waals surface area contributed by atoms with E-state index in [1.807, 2.05) is 0 Å². The van der Waals surface area contributed by atoms with E-state index in [2.05, 4.69) is 19.1 Å². The van der Waals surface area contributed by atoms with Gasteiger partial charge in [0, 0.05) is 6.42 Å². The summed E-state index contributed by atoms with van der Waals surface area (Å²) in [7, 11) is -4.73. The van der Waals surface area contributed by atoms with Crippen molar-refractivity contribution in [2.75, 3.05) is 0 Å². The van der Waals surface area contributed by atoms with Crippen LogP contribution in [0.15, 0.2) is 12.2 Å². The zero-order valence-electron chi connectivity index (χ0n) is 21.3. The smallest absolute Gasteiger partial charge is 0.276 e. The fraction of sp³-hybridized carbons (Fsp3) is 0.846. The Kier molecular flexibility index (Phi) is 17.5. The fourth-order valence-corrected chi connectivity index (χ4v) is 6.05. The van der Waals surface area contributed by atoms with E-state index in [1.165, 1.54) is 38.5 Å². The fourth-order valence-electron chi connectivity index (χ4n) is 4.63. The lowest BCUT2D eigenvalue weighted by molar-refractivity contribution is -0.133. The molecular weight excluding hydrogens is 438 g/mol. The Morgan fingerprint density at radius 3 is 1.73 bits per heavy atom. The molecule has 6 nitrogen and oxygen atoms in total. The molecule has 33 heavy (non-hydrogen) atoms. The van der Waals surface area contributed by atoms with Gasteiger partial charge in [0.25, 0.3) is 10.1 Å². The van der Waals surface area contributed by atoms with Crippen molar-refractivity contribution in [3.63, 3.8) is 0 Å². The summed E-state index contributed by atoms with van der Waals surface area (Å²) < 4.78 is 33.8. The molecule has 3 N–H and O–H groups in total. The Morgan fingerprint density at radius 1 is 0.818 bits per heavy atom. The van der Waals surface area contributed by atoms with Gasteiger partial charge in [-0.2, -0.15) is 8.42 Å². The second kappa shape index (κ2) is 18.2. The number of carbonyl (C=O) groups is 2. The number of hydrogen-bond acceptors (Lipinski definition) is 4. The van der Waals surface area contributed by atoms with Crippen LogP contribution in [0, 0.1) is 5.41 Å². The molecular formula is C26H49NO5S. The van der Waals surface area contributed by atoms with Gasteiger partial charge >= 0.3 is 0 Å². The van der Waals surface area contributed by atoms with Crippen LogP contribution in [0.1, 0.15) is 130 Å². The Bertz CT molecular complexity index is 674. The number of ketones is 1. The molecule has 194 valence electrons. The van der Waals surface area contributed by atoms with Gasteiger partial charge in [0.05, 0.1) is 5.41 Å². The van der Waals surface area contributed by atoms with Crippen LogP contribution in [0.25, 0.3) is 0 Å². The summed E-state index contributed by atoms with van der Waals surface area (Å²) in [5, 5.41) is -1.77. The first kappa shape index (κ1) is 31.8. The number of hydrogen-bond donors (Lipinski definition) is 2. The molecule has 0 aliphatic heterocycles. The SMILES string of the molecule is CCCCCCCC/C=C\CCCCCCCC(=O)C(C(CC)(CCC)C(N)=O)S(=O)(=O)O. The summed E-state index contributed by atoms with van der Waals surface area (Å²) in [6, 6.07) is 0. The highest BCUT2D eigenvalue weighted by Gasteiger charge is 2.52. The average Bonchev–Trinajstić information content (AvgIpc) is 2.74. The van der Waals surface area contributed by atoms with Crippen molar-refractivity contribution in [1.82, 2.24) is 0 Å². The van der Waals surface area contributed by atoms with Crippen molar-refractivity contribution in [3.8, 4) is 0 Å². The van der Waals surface area contributed by atoms with Crippen LogP contribution in [0.4, 0.5) is 0 Å². The third-order valence-corrected chi connectivity index (χ3v) is 7.90. The van der Waals surface area contributed by atoms with Gasteiger partial charge in [-0.05, 0) is 44.9 Å². The van der Waals surface area contributed by atoms with Crippen LogP contribution in [-0.2, 0) is 19.7 Å². The minimum atomic E-state index is -4.73. The van der Waals surface area contributed by atoms with E-state index in [0.717, 1.165) is 38.5 Å². The van der Waals surface area contributed by atoms with Gasteiger partial charge in [0.1, 0.15) is 0 Å². The van der Waals surface area contributed by atoms with Gasteiger partial charge in [0.2, 0.25) is 5.91 Å². The van der Waals surface area contributed by atoms with E-state index in [0.29, 0.717) is 12.8 Å². The minimum absolute atomic E-state index is 0.0291. The Hall–Kier alpha value is -1.21. The molecule has 7 heteroatoms. The van der Waals surface area contributed by atoms with Crippen LogP contribution in [0.3, 0.4) is 0 Å². The number of primary amides is 1. The Labute approximate surface area is 202 Å². The van der Waals surface area contributed by atoms with Crippen molar-refractivity contribution < 1.29 is 22.6 Å². The lowest BCUT2D eigenvalue weighted by Gasteiger charge is -2.34. The lowest BCUT2D eigenvalue weighted by Crippen LogP contribution is -2.53. The predicted octanol–water partition coefficient (Wildman–Crippen LogP) is 6.53. The molecule has 0 fully saturated rings. The molecule has 0 heterocycles. The zero-order chi connectivity index (χ0) is 25.2. The summed E-state index contributed by atoms with van der Waals surface area (Å²) in [5.41, 5.74) is 3.96. The summed E-state index contributed by atoms with van der Waals surface area (Å²) in [6.45, 7) is 5.66. The molecule has 0 saturated carbocycles. The van der Waals surface area contributed by atoms with Gasteiger partial charge in [-0.1, -0.05) is 90.7 Å². The number of amides is 1. The number of unbranched alkanes of at least 4 members (excludes halogenated alkanes) is 11. The molecule has 1 amide bonds. The van der Waals surface area contributed by atoms with Gasteiger partial charge < -0.3 is 5.73 Å². The number of Topliss-reactive ketones (excluding diaryl/α,β-unsaturated/α-hetero) is 1. The summed E-state index contributed by atoms with van der Waals surface area (Å²) >= 11 is 0. The molecule has 2 unspecified atom stereocenters. The van der Waals surface area contributed by atoms with Crippen LogP contribution in [0.5, 0.6) is 0 Å². The predicted molar refractivity (Wildman–Crippen MR) is 137 cm³/mol. The first-order valence-electron chi connectivity index (χ1n) is 13.1. The zero-order valence-corrected chi connectivity index (χ0v) is 22.1. The van der Waals surface area contributed by atoms with E-state index in [9.17, 15) is 22.6 Å². The minimum Gasteiger partial charge on any atom is -0.369 e. The number of allylic oxidation sites excluding steroid dienone is 2. The highest BCUT2D eigenvalue weighted by atomic mass is 32.2. The average molecular weight is 488 g/mol. The lowest BCUT2D eigenvalue weighted by atomic mass is 9.74. The van der Waals surface area contributed by atoms with Gasteiger partial charge in [-0.3, -0.25) is 14.1 Å². The molecule has 0 rings (SSSR count). The summed E-state index contributed by atoms with van der Waals surface area (Å²) in [4.78, 5) is 24.9.